The Morgan fingerprint density at radius 2 is 1.78 bits per heavy atom. The molecule has 1 aromatic carbocycles. The number of hydrogen-bond acceptors (Lipinski definition) is 4. The molecule has 0 amide bonds. The van der Waals surface area contributed by atoms with Crippen molar-refractivity contribution in [1.82, 2.24) is 0 Å². The maximum absolute atomic E-state index is 11.5. The molecule has 1 heterocycles. The summed E-state index contributed by atoms with van der Waals surface area (Å²) in [7, 11) is 0. The lowest BCUT2D eigenvalue weighted by molar-refractivity contribution is 0.105. The second kappa shape index (κ2) is 5.69. The fraction of sp³-hybridized carbons (Fsp3) is 0.333. The van der Waals surface area contributed by atoms with Crippen LogP contribution in [-0.4, -0.2) is 36.8 Å². The number of rotatable bonds is 3. The summed E-state index contributed by atoms with van der Waals surface area (Å²) in [5, 5.41) is -1.37. The van der Waals surface area contributed by atoms with E-state index in [1.165, 1.54) is 6.07 Å². The van der Waals surface area contributed by atoms with Crippen LogP contribution < -0.4 is 4.90 Å². The van der Waals surface area contributed by atoms with E-state index in [0.29, 0.717) is 32.0 Å². The molecule has 0 atom stereocenters. The first-order valence-corrected chi connectivity index (χ1v) is 6.22. The monoisotopic (exact) mass is 287 g/mol. The van der Waals surface area contributed by atoms with Crippen molar-refractivity contribution in [2.75, 3.05) is 31.2 Å². The first kappa shape index (κ1) is 13.3. The van der Waals surface area contributed by atoms with Gasteiger partial charge in [-0.3, -0.25) is 9.59 Å². The van der Waals surface area contributed by atoms with E-state index in [1.807, 2.05) is 4.90 Å². The summed E-state index contributed by atoms with van der Waals surface area (Å²) < 4.78 is 5.25. The minimum Gasteiger partial charge on any atom is -0.378 e. The summed E-state index contributed by atoms with van der Waals surface area (Å²) in [6.07, 6.45) is 0. The number of halogens is 2. The van der Waals surface area contributed by atoms with Crippen LogP contribution >= 0.6 is 23.2 Å². The van der Waals surface area contributed by atoms with Gasteiger partial charge in [0.15, 0.2) is 0 Å². The van der Waals surface area contributed by atoms with Crippen LogP contribution in [0.4, 0.5) is 5.69 Å². The number of benzene rings is 1. The van der Waals surface area contributed by atoms with Gasteiger partial charge in [-0.2, -0.15) is 0 Å². The molecule has 0 aliphatic carbocycles. The van der Waals surface area contributed by atoms with Crippen molar-refractivity contribution in [3.05, 3.63) is 29.3 Å². The quantitative estimate of drug-likeness (QED) is 0.801. The minimum absolute atomic E-state index is 0.139. The second-order valence-corrected chi connectivity index (χ2v) is 4.53. The van der Waals surface area contributed by atoms with Crippen LogP contribution in [0.25, 0.3) is 0 Å². The summed E-state index contributed by atoms with van der Waals surface area (Å²) in [5.74, 6) is 0. The van der Waals surface area contributed by atoms with E-state index in [4.69, 9.17) is 27.9 Å². The molecule has 0 bridgehead atoms. The van der Waals surface area contributed by atoms with Crippen LogP contribution in [0.5, 0.6) is 0 Å². The topological polar surface area (TPSA) is 46.6 Å². The Bertz CT molecular complexity index is 484. The molecule has 0 N–H and O–H groups in total. The van der Waals surface area contributed by atoms with Gasteiger partial charge < -0.3 is 9.64 Å². The lowest BCUT2D eigenvalue weighted by atomic mass is 10.1. The number of hydrogen-bond donors (Lipinski definition) is 0. The average Bonchev–Trinajstić information content (AvgIpc) is 2.38. The average molecular weight is 288 g/mol. The molecule has 4 nitrogen and oxygen atoms in total. The van der Waals surface area contributed by atoms with Gasteiger partial charge in [0.25, 0.3) is 10.5 Å². The van der Waals surface area contributed by atoms with Crippen molar-refractivity contribution in [3.8, 4) is 0 Å². The fourth-order valence-corrected chi connectivity index (χ4v) is 2.33. The molecule has 1 aliphatic heterocycles. The van der Waals surface area contributed by atoms with Gasteiger partial charge >= 0.3 is 0 Å². The molecule has 96 valence electrons. The Kier molecular flexibility index (Phi) is 4.22. The van der Waals surface area contributed by atoms with E-state index in [1.54, 1.807) is 12.1 Å². The number of carbonyl (C=O) groups is 2. The zero-order chi connectivity index (χ0) is 13.1. The Hall–Kier alpha value is -1.10. The number of nitrogens with zero attached hydrogens (tertiary/aromatic N) is 1. The molecular formula is C12H11Cl2NO3. The highest BCUT2D eigenvalue weighted by Gasteiger charge is 2.22. The van der Waals surface area contributed by atoms with E-state index in [2.05, 4.69) is 0 Å². The molecule has 0 unspecified atom stereocenters. The van der Waals surface area contributed by atoms with Gasteiger partial charge in [0.05, 0.1) is 18.8 Å². The van der Waals surface area contributed by atoms with Gasteiger partial charge in [0.2, 0.25) is 0 Å². The third-order valence-electron chi connectivity index (χ3n) is 2.80. The maximum atomic E-state index is 11.5. The molecule has 18 heavy (non-hydrogen) atoms. The summed E-state index contributed by atoms with van der Waals surface area (Å²) in [6.45, 7) is 2.46. The molecule has 2 rings (SSSR count). The summed E-state index contributed by atoms with van der Waals surface area (Å²) in [5.41, 5.74) is 0.937. The molecule has 1 aliphatic rings. The Labute approximate surface area is 114 Å². The highest BCUT2D eigenvalue weighted by molar-refractivity contribution is 6.72. The number of anilines is 1. The highest BCUT2D eigenvalue weighted by atomic mass is 35.5. The van der Waals surface area contributed by atoms with Gasteiger partial charge in [0.1, 0.15) is 0 Å². The van der Waals surface area contributed by atoms with Gasteiger partial charge in [-0.05, 0) is 35.3 Å². The second-order valence-electron chi connectivity index (χ2n) is 3.85. The standard InChI is InChI=1S/C12H11Cl2NO3/c13-11(16)8-2-1-3-9(10(8)12(14)17)15-4-6-18-7-5-15/h1-3H,4-7H2. The van der Waals surface area contributed by atoms with E-state index >= 15 is 0 Å². The molecule has 1 saturated heterocycles. The zero-order valence-electron chi connectivity index (χ0n) is 9.49. The highest BCUT2D eigenvalue weighted by Crippen LogP contribution is 2.27. The van der Waals surface area contributed by atoms with E-state index in [-0.39, 0.29) is 11.1 Å². The molecule has 0 saturated carbocycles. The third kappa shape index (κ3) is 2.66. The first-order chi connectivity index (χ1) is 8.61. The normalized spacial score (nSPS) is 15.6. The van der Waals surface area contributed by atoms with E-state index in [0.717, 1.165) is 0 Å². The van der Waals surface area contributed by atoms with Crippen LogP contribution in [-0.2, 0) is 4.74 Å². The first-order valence-electron chi connectivity index (χ1n) is 5.46. The minimum atomic E-state index is -0.686. The van der Waals surface area contributed by atoms with Crippen molar-refractivity contribution in [1.29, 1.82) is 0 Å². The Morgan fingerprint density at radius 3 is 2.33 bits per heavy atom. The third-order valence-corrected chi connectivity index (χ3v) is 3.20. The predicted octanol–water partition coefficient (Wildman–Crippen LogP) is 2.28. The Balaban J connectivity index is 2.48. The fourth-order valence-electron chi connectivity index (χ4n) is 1.98. The zero-order valence-corrected chi connectivity index (χ0v) is 11.0. The van der Waals surface area contributed by atoms with Crippen molar-refractivity contribution in [3.63, 3.8) is 0 Å². The lowest BCUT2D eigenvalue weighted by Crippen LogP contribution is -2.37. The largest absolute Gasteiger partial charge is 0.378 e. The van der Waals surface area contributed by atoms with Gasteiger partial charge in [-0.1, -0.05) is 6.07 Å². The van der Waals surface area contributed by atoms with Crippen molar-refractivity contribution in [2.24, 2.45) is 0 Å². The van der Waals surface area contributed by atoms with Crippen LogP contribution in [0.3, 0.4) is 0 Å². The van der Waals surface area contributed by atoms with E-state index < -0.39 is 10.5 Å². The summed E-state index contributed by atoms with van der Waals surface area (Å²) in [4.78, 5) is 24.8. The van der Waals surface area contributed by atoms with Gasteiger partial charge in [-0.25, -0.2) is 0 Å². The number of morpholine rings is 1. The van der Waals surface area contributed by atoms with Crippen LogP contribution in [0.2, 0.25) is 0 Å². The Morgan fingerprint density at radius 1 is 1.11 bits per heavy atom. The maximum Gasteiger partial charge on any atom is 0.255 e. The van der Waals surface area contributed by atoms with Crippen molar-refractivity contribution < 1.29 is 14.3 Å². The van der Waals surface area contributed by atoms with Crippen molar-refractivity contribution >= 4 is 39.4 Å². The molecule has 0 aromatic heterocycles. The van der Waals surface area contributed by atoms with Gasteiger partial charge in [0, 0.05) is 24.3 Å². The van der Waals surface area contributed by atoms with Crippen LogP contribution in [0.15, 0.2) is 18.2 Å². The van der Waals surface area contributed by atoms with Crippen molar-refractivity contribution in [2.45, 2.75) is 0 Å². The molecule has 1 fully saturated rings. The summed E-state index contributed by atoms with van der Waals surface area (Å²) >= 11 is 11.0. The van der Waals surface area contributed by atoms with E-state index in [9.17, 15) is 9.59 Å². The molecule has 6 heteroatoms. The van der Waals surface area contributed by atoms with Crippen LogP contribution in [0, 0.1) is 0 Å². The smallest absolute Gasteiger partial charge is 0.255 e. The SMILES string of the molecule is O=C(Cl)c1cccc(N2CCOCC2)c1C(=O)Cl. The molecule has 1 aromatic rings. The van der Waals surface area contributed by atoms with Gasteiger partial charge in [-0.15, -0.1) is 0 Å². The molecule has 0 radical (unpaired) electrons. The predicted molar refractivity (Wildman–Crippen MR) is 69.8 cm³/mol. The number of carbonyl (C=O) groups excluding carboxylic acids is 2. The lowest BCUT2D eigenvalue weighted by Gasteiger charge is -2.30. The summed E-state index contributed by atoms with van der Waals surface area (Å²) in [6, 6.07) is 4.93. The molecule has 0 spiro atoms. The van der Waals surface area contributed by atoms with Crippen LogP contribution in [0.1, 0.15) is 20.7 Å². The molecular weight excluding hydrogens is 277 g/mol. The number of ether oxygens (including phenoxy) is 1.